The Morgan fingerprint density at radius 3 is 0.795 bits per heavy atom. The second-order valence-electron chi connectivity index (χ2n) is 12.8. The van der Waals surface area contributed by atoms with Crippen LogP contribution in [0.5, 0.6) is 0 Å². The Balaban J connectivity index is 2.05. The fourth-order valence-corrected chi connectivity index (χ4v) is 5.46. The van der Waals surface area contributed by atoms with Gasteiger partial charge in [0.25, 0.3) is 0 Å². The third kappa shape index (κ3) is 9.92. The minimum absolute atomic E-state index is 0.117. The summed E-state index contributed by atoms with van der Waals surface area (Å²) in [5.41, 5.74) is 4.71. The minimum atomic E-state index is -0.117. The lowest BCUT2D eigenvalue weighted by molar-refractivity contribution is 0.0981. The van der Waals surface area contributed by atoms with Crippen LogP contribution in [-0.4, -0.2) is 140 Å². The van der Waals surface area contributed by atoms with Crippen molar-refractivity contribution >= 4 is 34.3 Å². The van der Waals surface area contributed by atoms with Crippen LogP contribution in [0.15, 0.2) is 24.3 Å². The van der Waals surface area contributed by atoms with E-state index in [4.69, 9.17) is 0 Å². The molecule has 2 aromatic carbocycles. The molecule has 0 amide bonds. The zero-order chi connectivity index (χ0) is 32.2. The van der Waals surface area contributed by atoms with Crippen molar-refractivity contribution in [2.45, 2.75) is 25.7 Å². The maximum Gasteiger partial charge on any atom is 0.198 e. The lowest BCUT2D eigenvalue weighted by Gasteiger charge is -2.28. The van der Waals surface area contributed by atoms with Gasteiger partial charge in [0, 0.05) is 48.9 Å². The van der Waals surface area contributed by atoms with Crippen LogP contribution in [0.4, 0.5) is 22.7 Å². The molecule has 0 unspecified atom stereocenters. The predicted molar refractivity (Wildman–Crippen MR) is 186 cm³/mol. The molecule has 0 aliphatic heterocycles. The number of rotatable bonds is 20. The Hall–Kier alpha value is -3.18. The van der Waals surface area contributed by atoms with Gasteiger partial charge in [0.05, 0.1) is 22.3 Å². The van der Waals surface area contributed by atoms with Crippen LogP contribution in [0.2, 0.25) is 0 Å². The van der Waals surface area contributed by atoms with Crippen LogP contribution in [0.25, 0.3) is 0 Å². The molecule has 44 heavy (non-hydrogen) atoms. The first-order valence-electron chi connectivity index (χ1n) is 16.0. The second-order valence-corrected chi connectivity index (χ2v) is 12.8. The van der Waals surface area contributed by atoms with E-state index in [0.29, 0.717) is 71.2 Å². The molecule has 0 heterocycles. The zero-order valence-electron chi connectivity index (χ0n) is 28.4. The van der Waals surface area contributed by atoms with E-state index < -0.39 is 0 Å². The lowest BCUT2D eigenvalue weighted by Crippen LogP contribution is -2.28. The van der Waals surface area contributed by atoms with Gasteiger partial charge in [-0.3, -0.25) is 9.59 Å². The van der Waals surface area contributed by atoms with Crippen molar-refractivity contribution in [1.29, 1.82) is 0 Å². The van der Waals surface area contributed by atoms with Gasteiger partial charge in [0.1, 0.15) is 0 Å². The first kappa shape index (κ1) is 35.3. The third-order valence-corrected chi connectivity index (χ3v) is 7.71. The average Bonchev–Trinajstić information content (AvgIpc) is 2.96. The highest BCUT2D eigenvalue weighted by atomic mass is 16.1. The molecule has 0 bridgehead atoms. The van der Waals surface area contributed by atoms with Crippen LogP contribution in [0, 0.1) is 0 Å². The van der Waals surface area contributed by atoms with Gasteiger partial charge in [0.15, 0.2) is 11.6 Å². The SMILES string of the molecule is CN(C)CCCNc1ccc(NCCCN(C)C)c2c1C(=O)c1c(NCCCN(C)C)ccc(NCCCN(C)C)c1C2=O. The molecule has 0 radical (unpaired) electrons. The maximum absolute atomic E-state index is 14.6. The van der Waals surface area contributed by atoms with Gasteiger partial charge in [-0.15, -0.1) is 0 Å². The quantitative estimate of drug-likeness (QED) is 0.142. The summed E-state index contributed by atoms with van der Waals surface area (Å²) >= 11 is 0. The Morgan fingerprint density at radius 2 is 0.614 bits per heavy atom. The topological polar surface area (TPSA) is 95.2 Å². The van der Waals surface area contributed by atoms with E-state index >= 15 is 0 Å². The summed E-state index contributed by atoms with van der Waals surface area (Å²) in [6.45, 7) is 6.55. The fourth-order valence-electron chi connectivity index (χ4n) is 5.46. The van der Waals surface area contributed by atoms with E-state index in [9.17, 15) is 9.59 Å². The van der Waals surface area contributed by atoms with Gasteiger partial charge >= 0.3 is 0 Å². The molecule has 4 N–H and O–H groups in total. The van der Waals surface area contributed by atoms with Crippen LogP contribution in [-0.2, 0) is 0 Å². The molecule has 2 aromatic rings. The van der Waals surface area contributed by atoms with E-state index in [1.807, 2.05) is 24.3 Å². The summed E-state index contributed by atoms with van der Waals surface area (Å²) in [5.74, 6) is -0.234. The molecule has 0 fully saturated rings. The first-order valence-corrected chi connectivity index (χ1v) is 16.0. The number of fused-ring (bicyclic) bond motifs is 2. The molecule has 3 rings (SSSR count). The first-order chi connectivity index (χ1) is 21.0. The molecule has 10 heteroatoms. The Morgan fingerprint density at radius 1 is 0.409 bits per heavy atom. The minimum Gasteiger partial charge on any atom is -0.384 e. The van der Waals surface area contributed by atoms with Crippen molar-refractivity contribution in [1.82, 2.24) is 19.6 Å². The summed E-state index contributed by atoms with van der Waals surface area (Å²) in [5, 5.41) is 14.0. The van der Waals surface area contributed by atoms with Crippen molar-refractivity contribution < 1.29 is 9.59 Å². The smallest absolute Gasteiger partial charge is 0.198 e. The molecular weight excluding hydrogens is 552 g/mol. The van der Waals surface area contributed by atoms with Crippen molar-refractivity contribution in [2.24, 2.45) is 0 Å². The molecule has 0 atom stereocenters. The Labute approximate surface area is 265 Å². The number of carbonyl (C=O) groups is 2. The summed E-state index contributed by atoms with van der Waals surface area (Å²) in [4.78, 5) is 37.8. The Bertz CT molecular complexity index is 1060. The van der Waals surface area contributed by atoms with Crippen LogP contribution >= 0.6 is 0 Å². The number of benzene rings is 2. The molecule has 0 aromatic heterocycles. The predicted octanol–water partition coefficient (Wildman–Crippen LogP) is 3.92. The zero-order valence-corrected chi connectivity index (χ0v) is 28.4. The van der Waals surface area contributed by atoms with E-state index in [1.165, 1.54) is 0 Å². The Kier molecular flexibility index (Phi) is 13.9. The number of anilines is 4. The summed E-state index contributed by atoms with van der Waals surface area (Å²) in [6, 6.07) is 7.80. The van der Waals surface area contributed by atoms with Crippen molar-refractivity contribution in [2.75, 3.05) is 130 Å². The van der Waals surface area contributed by atoms with Gasteiger partial charge in [0.2, 0.25) is 0 Å². The molecular formula is C34H56N8O2. The van der Waals surface area contributed by atoms with Gasteiger partial charge < -0.3 is 40.9 Å². The number of hydrogen-bond donors (Lipinski definition) is 4. The highest BCUT2D eigenvalue weighted by Crippen LogP contribution is 2.42. The number of ketones is 2. The number of nitrogens with zero attached hydrogens (tertiary/aromatic N) is 4. The number of nitrogens with one attached hydrogen (secondary N) is 4. The molecule has 1 aliphatic rings. The molecule has 1 aliphatic carbocycles. The van der Waals surface area contributed by atoms with Crippen molar-refractivity contribution in [3.8, 4) is 0 Å². The summed E-state index contributed by atoms with van der Waals surface area (Å²) in [7, 11) is 16.4. The normalized spacial score (nSPS) is 12.7. The summed E-state index contributed by atoms with van der Waals surface area (Å²) < 4.78 is 0. The maximum atomic E-state index is 14.6. The van der Waals surface area contributed by atoms with Crippen LogP contribution in [0.1, 0.15) is 57.5 Å². The third-order valence-electron chi connectivity index (χ3n) is 7.71. The lowest BCUT2D eigenvalue weighted by atomic mass is 9.80. The largest absolute Gasteiger partial charge is 0.384 e. The summed E-state index contributed by atoms with van der Waals surface area (Å²) in [6.07, 6.45) is 3.69. The van der Waals surface area contributed by atoms with Crippen molar-refractivity contribution in [3.05, 3.63) is 46.5 Å². The highest BCUT2D eigenvalue weighted by molar-refractivity contribution is 6.35. The monoisotopic (exact) mass is 608 g/mol. The standard InChI is InChI=1S/C34H56N8O2/c1-39(2)21-9-17-35-25-13-14-26(36-18-10-22-40(3)4)30-29(25)33(43)31-27(37-19-11-23-41(5)6)15-16-28(32(31)34(30)44)38-20-12-24-42(7)8/h13-16,35-38H,9-12,17-24H2,1-8H3. The average molecular weight is 609 g/mol. The second kappa shape index (κ2) is 17.3. The van der Waals surface area contributed by atoms with Crippen LogP contribution in [0.3, 0.4) is 0 Å². The fraction of sp³-hybridized carbons (Fsp3) is 0.588. The van der Waals surface area contributed by atoms with Gasteiger partial charge in [-0.1, -0.05) is 0 Å². The molecule has 0 saturated heterocycles. The number of carbonyl (C=O) groups excluding carboxylic acids is 2. The van der Waals surface area contributed by atoms with Gasteiger partial charge in [-0.25, -0.2) is 0 Å². The van der Waals surface area contributed by atoms with Crippen molar-refractivity contribution in [3.63, 3.8) is 0 Å². The van der Waals surface area contributed by atoms with Crippen LogP contribution < -0.4 is 21.3 Å². The molecule has 244 valence electrons. The van der Waals surface area contributed by atoms with E-state index in [1.54, 1.807) is 0 Å². The molecule has 10 nitrogen and oxygen atoms in total. The van der Waals surface area contributed by atoms with Gasteiger partial charge in [-0.05, 0) is 133 Å². The van der Waals surface area contributed by atoms with E-state index in [2.05, 4.69) is 97.2 Å². The molecule has 0 spiro atoms. The van der Waals surface area contributed by atoms with E-state index in [-0.39, 0.29) is 11.6 Å². The molecule has 0 saturated carbocycles. The van der Waals surface area contributed by atoms with E-state index in [0.717, 1.165) is 51.9 Å². The van der Waals surface area contributed by atoms with Gasteiger partial charge in [-0.2, -0.15) is 0 Å². The number of hydrogen-bond acceptors (Lipinski definition) is 10. The highest BCUT2D eigenvalue weighted by Gasteiger charge is 2.37.